The van der Waals surface area contributed by atoms with Crippen LogP contribution in [-0.4, -0.2) is 34.9 Å². The molecule has 130 valence electrons. The second kappa shape index (κ2) is 6.41. The van der Waals surface area contributed by atoms with Gasteiger partial charge in [0, 0.05) is 17.8 Å². The van der Waals surface area contributed by atoms with Gasteiger partial charge in [0.05, 0.1) is 18.3 Å². The van der Waals surface area contributed by atoms with Crippen molar-refractivity contribution in [2.45, 2.75) is 6.54 Å². The van der Waals surface area contributed by atoms with Crippen LogP contribution in [0, 0.1) is 0 Å². The van der Waals surface area contributed by atoms with Crippen LogP contribution >= 0.6 is 0 Å². The van der Waals surface area contributed by atoms with Crippen LogP contribution < -0.4 is 5.32 Å². The number of aromatic nitrogens is 7. The number of nitrogens with one attached hydrogen (secondary N) is 1. The first-order valence-corrected chi connectivity index (χ1v) is 8.43. The molecule has 0 amide bonds. The van der Waals surface area contributed by atoms with Crippen molar-refractivity contribution >= 4 is 33.8 Å². The van der Waals surface area contributed by atoms with Crippen LogP contribution in [0.15, 0.2) is 67.1 Å². The lowest BCUT2D eigenvalue weighted by molar-refractivity contribution is 0.664. The van der Waals surface area contributed by atoms with Gasteiger partial charge in [-0.25, -0.2) is 19.6 Å². The van der Waals surface area contributed by atoms with Crippen LogP contribution in [0.2, 0.25) is 0 Å². The number of anilines is 2. The van der Waals surface area contributed by atoms with E-state index in [-0.39, 0.29) is 0 Å². The predicted octanol–water partition coefficient (Wildman–Crippen LogP) is 2.96. The summed E-state index contributed by atoms with van der Waals surface area (Å²) in [6.07, 6.45) is 5.13. The minimum Gasteiger partial charge on any atom is -0.324 e. The summed E-state index contributed by atoms with van der Waals surface area (Å²) in [6, 6.07) is 15.7. The number of pyridine rings is 2. The first kappa shape index (κ1) is 15.3. The van der Waals surface area contributed by atoms with Crippen LogP contribution in [0.1, 0.15) is 5.56 Å². The lowest BCUT2D eigenvalue weighted by Crippen LogP contribution is -2.04. The zero-order chi connectivity index (χ0) is 18.1. The van der Waals surface area contributed by atoms with E-state index in [0.717, 1.165) is 16.5 Å². The molecule has 1 aromatic carbocycles. The Balaban J connectivity index is 1.48. The largest absolute Gasteiger partial charge is 0.324 e. The maximum Gasteiger partial charge on any atom is 0.221 e. The smallest absolute Gasteiger partial charge is 0.221 e. The fourth-order valence-electron chi connectivity index (χ4n) is 2.89. The number of nitrogens with zero attached hydrogens (tertiary/aromatic N) is 7. The van der Waals surface area contributed by atoms with Gasteiger partial charge < -0.3 is 5.32 Å². The van der Waals surface area contributed by atoms with Crippen molar-refractivity contribution in [1.82, 2.24) is 34.9 Å². The third kappa shape index (κ3) is 3.04. The molecular formula is C19H14N8. The van der Waals surface area contributed by atoms with Gasteiger partial charge in [0.15, 0.2) is 11.5 Å². The zero-order valence-corrected chi connectivity index (χ0v) is 14.2. The molecule has 0 aliphatic carbocycles. The van der Waals surface area contributed by atoms with Gasteiger partial charge in [-0.15, -0.1) is 5.10 Å². The molecular weight excluding hydrogens is 340 g/mol. The SMILES string of the molecule is c1ccc(Nc2cnc3nnn(Cc4ccc5ncccc5c4)c3n2)nc1. The first-order valence-electron chi connectivity index (χ1n) is 8.43. The molecule has 0 saturated carbocycles. The third-order valence-corrected chi connectivity index (χ3v) is 4.15. The Morgan fingerprint density at radius 1 is 0.889 bits per heavy atom. The highest BCUT2D eigenvalue weighted by Crippen LogP contribution is 2.17. The molecule has 0 saturated heterocycles. The summed E-state index contributed by atoms with van der Waals surface area (Å²) in [5.74, 6) is 1.29. The van der Waals surface area contributed by atoms with Crippen LogP contribution in [0.5, 0.6) is 0 Å². The van der Waals surface area contributed by atoms with Crippen molar-refractivity contribution in [2.24, 2.45) is 0 Å². The van der Waals surface area contributed by atoms with Gasteiger partial charge in [0.2, 0.25) is 5.65 Å². The van der Waals surface area contributed by atoms with E-state index >= 15 is 0 Å². The van der Waals surface area contributed by atoms with Gasteiger partial charge in [-0.05, 0) is 35.9 Å². The van der Waals surface area contributed by atoms with Gasteiger partial charge in [-0.3, -0.25) is 4.98 Å². The van der Waals surface area contributed by atoms with Crippen molar-refractivity contribution in [3.05, 3.63) is 72.7 Å². The third-order valence-electron chi connectivity index (χ3n) is 4.15. The van der Waals surface area contributed by atoms with E-state index in [2.05, 4.69) is 41.6 Å². The Morgan fingerprint density at radius 2 is 1.85 bits per heavy atom. The highest BCUT2D eigenvalue weighted by Gasteiger charge is 2.10. The quantitative estimate of drug-likeness (QED) is 0.530. The average molecular weight is 354 g/mol. The van der Waals surface area contributed by atoms with Crippen LogP contribution in [0.25, 0.3) is 22.2 Å². The molecule has 0 aliphatic heterocycles. The molecule has 0 bridgehead atoms. The Hall–Kier alpha value is -3.94. The van der Waals surface area contributed by atoms with Gasteiger partial charge in [-0.2, -0.15) is 0 Å². The topological polar surface area (TPSA) is 94.3 Å². The normalized spacial score (nSPS) is 11.1. The van der Waals surface area contributed by atoms with E-state index in [0.29, 0.717) is 29.5 Å². The fourth-order valence-corrected chi connectivity index (χ4v) is 2.89. The summed E-state index contributed by atoms with van der Waals surface area (Å²) in [6.45, 7) is 0.545. The summed E-state index contributed by atoms with van der Waals surface area (Å²) in [5, 5.41) is 12.5. The molecule has 4 aromatic heterocycles. The predicted molar refractivity (Wildman–Crippen MR) is 101 cm³/mol. The minimum absolute atomic E-state index is 0.504. The molecule has 0 unspecified atom stereocenters. The van der Waals surface area contributed by atoms with Gasteiger partial charge >= 0.3 is 0 Å². The number of hydrogen-bond donors (Lipinski definition) is 1. The second-order valence-corrected chi connectivity index (χ2v) is 6.02. The Morgan fingerprint density at radius 3 is 2.78 bits per heavy atom. The van der Waals surface area contributed by atoms with Crippen molar-refractivity contribution in [3.8, 4) is 0 Å². The lowest BCUT2D eigenvalue weighted by Gasteiger charge is -2.06. The summed E-state index contributed by atoms with van der Waals surface area (Å²) < 4.78 is 1.74. The highest BCUT2D eigenvalue weighted by molar-refractivity contribution is 5.79. The van der Waals surface area contributed by atoms with E-state index < -0.39 is 0 Å². The number of fused-ring (bicyclic) bond motifs is 2. The molecule has 0 spiro atoms. The molecule has 5 aromatic rings. The molecule has 27 heavy (non-hydrogen) atoms. The molecule has 1 N–H and O–H groups in total. The fraction of sp³-hybridized carbons (Fsp3) is 0.0526. The molecule has 0 aliphatic rings. The standard InChI is InChI=1S/C19H14N8/c1-2-8-21-16(5-1)23-17-11-22-18-19(24-17)27(26-25-18)12-13-6-7-15-14(10-13)4-3-9-20-15/h1-11H,12H2,(H,21,23,24). The van der Waals surface area contributed by atoms with Crippen LogP contribution in [0.3, 0.4) is 0 Å². The summed E-state index contributed by atoms with van der Waals surface area (Å²) in [5.41, 5.74) is 3.17. The summed E-state index contributed by atoms with van der Waals surface area (Å²) in [4.78, 5) is 17.5. The maximum atomic E-state index is 4.60. The maximum absolute atomic E-state index is 4.60. The van der Waals surface area contributed by atoms with Crippen molar-refractivity contribution in [1.29, 1.82) is 0 Å². The average Bonchev–Trinajstić information content (AvgIpc) is 3.11. The number of rotatable bonds is 4. The van der Waals surface area contributed by atoms with E-state index in [9.17, 15) is 0 Å². The molecule has 5 rings (SSSR count). The molecule has 4 heterocycles. The van der Waals surface area contributed by atoms with E-state index in [4.69, 9.17) is 0 Å². The van der Waals surface area contributed by atoms with Crippen LogP contribution in [-0.2, 0) is 6.54 Å². The molecule has 8 heteroatoms. The van der Waals surface area contributed by atoms with Gasteiger partial charge in [0.1, 0.15) is 5.82 Å². The van der Waals surface area contributed by atoms with Crippen molar-refractivity contribution in [3.63, 3.8) is 0 Å². The second-order valence-electron chi connectivity index (χ2n) is 6.02. The molecule has 0 atom stereocenters. The van der Waals surface area contributed by atoms with Gasteiger partial charge in [0.25, 0.3) is 0 Å². The minimum atomic E-state index is 0.504. The molecule has 8 nitrogen and oxygen atoms in total. The number of benzene rings is 1. The lowest BCUT2D eigenvalue weighted by atomic mass is 10.1. The van der Waals surface area contributed by atoms with Crippen molar-refractivity contribution < 1.29 is 0 Å². The van der Waals surface area contributed by atoms with Crippen LogP contribution in [0.4, 0.5) is 11.6 Å². The Labute approximate surface area is 153 Å². The van der Waals surface area contributed by atoms with E-state index in [1.165, 1.54) is 0 Å². The number of hydrogen-bond acceptors (Lipinski definition) is 7. The van der Waals surface area contributed by atoms with E-state index in [1.54, 1.807) is 23.3 Å². The van der Waals surface area contributed by atoms with Gasteiger partial charge in [-0.1, -0.05) is 23.4 Å². The zero-order valence-electron chi connectivity index (χ0n) is 14.2. The first-order chi connectivity index (χ1) is 13.3. The Kier molecular flexibility index (Phi) is 3.64. The Bertz CT molecular complexity index is 1230. The highest BCUT2D eigenvalue weighted by atomic mass is 15.5. The molecule has 0 fully saturated rings. The van der Waals surface area contributed by atoms with Crippen molar-refractivity contribution in [2.75, 3.05) is 5.32 Å². The summed E-state index contributed by atoms with van der Waals surface area (Å²) >= 11 is 0. The van der Waals surface area contributed by atoms with E-state index in [1.807, 2.05) is 42.5 Å². The molecule has 0 radical (unpaired) electrons. The monoisotopic (exact) mass is 354 g/mol. The summed E-state index contributed by atoms with van der Waals surface area (Å²) in [7, 11) is 0.